The molecule has 4 fully saturated rings. The van der Waals surface area contributed by atoms with Gasteiger partial charge in [0.1, 0.15) is 5.82 Å². The molecule has 3 heteroatoms. The summed E-state index contributed by atoms with van der Waals surface area (Å²) in [6.07, 6.45) is 9.03. The van der Waals surface area contributed by atoms with Gasteiger partial charge in [0, 0.05) is 11.6 Å². The summed E-state index contributed by atoms with van der Waals surface area (Å²) < 4.78 is 0. The molecule has 0 saturated heterocycles. The second-order valence-corrected chi connectivity index (χ2v) is 7.42. The number of carbonyl (C=O) groups is 1. The number of hydrogen-bond donors (Lipinski definition) is 1. The standard InChI is InChI=1S/C17H22N2O/c1-10-2-3-19-16(18)14(10)15(20)17-7-11-4-12(8-17)6-13(5-11)9-17/h2-3,11-13H,4-9H2,1H3,(H2,18,19). The topological polar surface area (TPSA) is 56.0 Å². The number of aromatic nitrogens is 1. The average Bonchev–Trinajstić information content (AvgIpc) is 2.36. The number of nitrogen functional groups attached to an aromatic ring is 1. The number of ketones is 1. The van der Waals surface area contributed by atoms with Crippen LogP contribution in [0, 0.1) is 30.1 Å². The molecule has 0 radical (unpaired) electrons. The quantitative estimate of drug-likeness (QED) is 0.838. The minimum atomic E-state index is -0.114. The molecule has 0 unspecified atom stereocenters. The van der Waals surface area contributed by atoms with Crippen molar-refractivity contribution < 1.29 is 4.79 Å². The number of hydrogen-bond acceptors (Lipinski definition) is 3. The maximum absolute atomic E-state index is 13.2. The molecule has 1 heterocycles. The predicted molar refractivity (Wildman–Crippen MR) is 78.3 cm³/mol. The SMILES string of the molecule is Cc1ccnc(N)c1C(=O)C12CC3CC(CC(C3)C1)C2. The molecule has 1 aromatic heterocycles. The zero-order chi connectivity index (χ0) is 13.9. The molecule has 106 valence electrons. The minimum Gasteiger partial charge on any atom is -0.383 e. The van der Waals surface area contributed by atoms with Crippen molar-refractivity contribution in [3.8, 4) is 0 Å². The molecule has 0 atom stereocenters. The molecule has 3 nitrogen and oxygen atoms in total. The second kappa shape index (κ2) is 4.06. The maximum Gasteiger partial charge on any atom is 0.172 e. The Labute approximate surface area is 120 Å². The Morgan fingerprint density at radius 3 is 2.25 bits per heavy atom. The van der Waals surface area contributed by atoms with Crippen molar-refractivity contribution in [2.24, 2.45) is 23.2 Å². The van der Waals surface area contributed by atoms with Crippen LogP contribution in [0.25, 0.3) is 0 Å². The van der Waals surface area contributed by atoms with Crippen molar-refractivity contribution >= 4 is 11.6 Å². The van der Waals surface area contributed by atoms with E-state index in [0.29, 0.717) is 17.2 Å². The molecular formula is C17H22N2O. The minimum absolute atomic E-state index is 0.114. The van der Waals surface area contributed by atoms with E-state index >= 15 is 0 Å². The van der Waals surface area contributed by atoms with Crippen LogP contribution in [0.1, 0.15) is 54.4 Å². The fraction of sp³-hybridized carbons (Fsp3) is 0.647. The van der Waals surface area contributed by atoms with Gasteiger partial charge in [0.05, 0.1) is 5.56 Å². The highest BCUT2D eigenvalue weighted by atomic mass is 16.1. The molecule has 0 amide bonds. The largest absolute Gasteiger partial charge is 0.383 e. The van der Waals surface area contributed by atoms with Crippen LogP contribution in [0.15, 0.2) is 12.3 Å². The van der Waals surface area contributed by atoms with Gasteiger partial charge in [-0.1, -0.05) is 0 Å². The van der Waals surface area contributed by atoms with E-state index in [1.54, 1.807) is 6.20 Å². The van der Waals surface area contributed by atoms with Gasteiger partial charge >= 0.3 is 0 Å². The monoisotopic (exact) mass is 270 g/mol. The van der Waals surface area contributed by atoms with Crippen LogP contribution in [0.4, 0.5) is 5.82 Å². The van der Waals surface area contributed by atoms with Crippen molar-refractivity contribution in [1.82, 2.24) is 4.98 Å². The number of anilines is 1. The maximum atomic E-state index is 13.2. The normalized spacial score (nSPS) is 38.1. The second-order valence-electron chi connectivity index (χ2n) is 7.42. The fourth-order valence-electron chi connectivity index (χ4n) is 5.53. The number of Topliss-reactive ketones (excluding diaryl/α,β-unsaturated/α-hetero) is 1. The van der Waals surface area contributed by atoms with Crippen molar-refractivity contribution in [2.45, 2.75) is 45.4 Å². The Hall–Kier alpha value is -1.38. The van der Waals surface area contributed by atoms with E-state index in [2.05, 4.69) is 4.98 Å². The molecule has 4 saturated carbocycles. The van der Waals surface area contributed by atoms with Gasteiger partial charge in [-0.05, 0) is 74.8 Å². The predicted octanol–water partition coefficient (Wildman–Crippen LogP) is 3.37. The Kier molecular flexibility index (Phi) is 2.51. The number of pyridine rings is 1. The Morgan fingerprint density at radius 2 is 1.75 bits per heavy atom. The van der Waals surface area contributed by atoms with Crippen molar-refractivity contribution in [3.05, 3.63) is 23.4 Å². The number of carbonyl (C=O) groups excluding carboxylic acids is 1. The molecule has 20 heavy (non-hydrogen) atoms. The van der Waals surface area contributed by atoms with Gasteiger partial charge < -0.3 is 5.73 Å². The average molecular weight is 270 g/mol. The number of rotatable bonds is 2. The first kappa shape index (κ1) is 12.4. The molecule has 4 aliphatic rings. The van der Waals surface area contributed by atoms with Gasteiger partial charge in [0.2, 0.25) is 0 Å². The highest BCUT2D eigenvalue weighted by Gasteiger charge is 2.54. The van der Waals surface area contributed by atoms with Gasteiger partial charge in [-0.2, -0.15) is 0 Å². The molecule has 0 aromatic carbocycles. The third-order valence-corrected chi connectivity index (χ3v) is 5.94. The van der Waals surface area contributed by atoms with Crippen LogP contribution in [0.2, 0.25) is 0 Å². The fourth-order valence-corrected chi connectivity index (χ4v) is 5.53. The highest BCUT2D eigenvalue weighted by Crippen LogP contribution is 2.61. The lowest BCUT2D eigenvalue weighted by atomic mass is 9.48. The van der Waals surface area contributed by atoms with Crippen LogP contribution < -0.4 is 5.73 Å². The van der Waals surface area contributed by atoms with Gasteiger partial charge in [0.15, 0.2) is 5.78 Å². The summed E-state index contributed by atoms with van der Waals surface area (Å²) in [6.45, 7) is 1.98. The summed E-state index contributed by atoms with van der Waals surface area (Å²) in [7, 11) is 0. The summed E-state index contributed by atoms with van der Waals surface area (Å²) >= 11 is 0. The zero-order valence-corrected chi connectivity index (χ0v) is 12.1. The number of nitrogens with two attached hydrogens (primary N) is 1. The first-order valence-electron chi connectivity index (χ1n) is 7.83. The van der Waals surface area contributed by atoms with Crippen LogP contribution in [-0.2, 0) is 0 Å². The van der Waals surface area contributed by atoms with Crippen molar-refractivity contribution in [1.29, 1.82) is 0 Å². The molecule has 4 bridgehead atoms. The summed E-state index contributed by atoms with van der Waals surface area (Å²) in [4.78, 5) is 17.4. The Balaban J connectivity index is 1.75. The van der Waals surface area contributed by atoms with E-state index < -0.39 is 0 Å². The third-order valence-electron chi connectivity index (χ3n) is 5.94. The smallest absolute Gasteiger partial charge is 0.172 e. The molecule has 2 N–H and O–H groups in total. The summed E-state index contributed by atoms with van der Waals surface area (Å²) in [6, 6.07) is 1.91. The van der Waals surface area contributed by atoms with E-state index in [9.17, 15) is 4.79 Å². The Bertz CT molecular complexity index is 523. The van der Waals surface area contributed by atoms with Gasteiger partial charge in [0.25, 0.3) is 0 Å². The van der Waals surface area contributed by atoms with E-state index in [1.807, 2.05) is 13.0 Å². The molecular weight excluding hydrogens is 248 g/mol. The molecule has 0 aliphatic heterocycles. The Morgan fingerprint density at radius 1 is 1.20 bits per heavy atom. The molecule has 5 rings (SSSR count). The van der Waals surface area contributed by atoms with Crippen LogP contribution >= 0.6 is 0 Å². The van der Waals surface area contributed by atoms with Crippen LogP contribution in [-0.4, -0.2) is 10.8 Å². The molecule has 0 spiro atoms. The first-order valence-corrected chi connectivity index (χ1v) is 7.83. The van der Waals surface area contributed by atoms with E-state index in [-0.39, 0.29) is 5.41 Å². The third kappa shape index (κ3) is 1.65. The lowest BCUT2D eigenvalue weighted by Crippen LogP contribution is -2.50. The summed E-state index contributed by atoms with van der Waals surface area (Å²) in [5.74, 6) is 3.06. The van der Waals surface area contributed by atoms with Gasteiger partial charge in [-0.3, -0.25) is 4.79 Å². The van der Waals surface area contributed by atoms with Gasteiger partial charge in [-0.25, -0.2) is 4.98 Å². The van der Waals surface area contributed by atoms with Gasteiger partial charge in [-0.15, -0.1) is 0 Å². The molecule has 1 aromatic rings. The summed E-state index contributed by atoms with van der Waals surface area (Å²) in [5, 5.41) is 0. The lowest BCUT2D eigenvalue weighted by Gasteiger charge is -2.56. The van der Waals surface area contributed by atoms with E-state index in [1.165, 1.54) is 19.3 Å². The van der Waals surface area contributed by atoms with Crippen molar-refractivity contribution in [2.75, 3.05) is 5.73 Å². The van der Waals surface area contributed by atoms with Crippen molar-refractivity contribution in [3.63, 3.8) is 0 Å². The zero-order valence-electron chi connectivity index (χ0n) is 12.1. The number of nitrogens with zero attached hydrogens (tertiary/aromatic N) is 1. The first-order chi connectivity index (χ1) is 9.57. The number of aryl methyl sites for hydroxylation is 1. The van der Waals surface area contributed by atoms with E-state index in [0.717, 1.165) is 42.6 Å². The van der Waals surface area contributed by atoms with Crippen LogP contribution in [0.5, 0.6) is 0 Å². The van der Waals surface area contributed by atoms with Crippen LogP contribution in [0.3, 0.4) is 0 Å². The molecule has 4 aliphatic carbocycles. The van der Waals surface area contributed by atoms with E-state index in [4.69, 9.17) is 5.73 Å². The lowest BCUT2D eigenvalue weighted by molar-refractivity contribution is -0.0353. The summed E-state index contributed by atoms with van der Waals surface area (Å²) in [5.41, 5.74) is 7.58. The highest BCUT2D eigenvalue weighted by molar-refractivity contribution is 6.05.